The molecular weight excluding hydrogens is 569 g/mol. The fourth-order valence-corrected chi connectivity index (χ4v) is 7.59. The van der Waals surface area contributed by atoms with Crippen LogP contribution in [0.4, 0.5) is 0 Å². The predicted octanol–water partition coefficient (Wildman–Crippen LogP) is 13.2. The third-order valence-corrected chi connectivity index (χ3v) is 9.81. The first-order valence-corrected chi connectivity index (χ1v) is 16.2. The average Bonchev–Trinajstić information content (AvgIpc) is 3.52. The molecule has 10 rings (SSSR count). The van der Waals surface area contributed by atoms with Gasteiger partial charge in [-0.05, 0) is 113 Å². The second-order valence-electron chi connectivity index (χ2n) is 12.5. The summed E-state index contributed by atoms with van der Waals surface area (Å²) >= 11 is 0. The van der Waals surface area contributed by atoms with Gasteiger partial charge in [0.2, 0.25) is 0 Å². The van der Waals surface area contributed by atoms with Gasteiger partial charge in [0.15, 0.2) is 0 Å². The Hall–Kier alpha value is -6.18. The highest BCUT2D eigenvalue weighted by molar-refractivity contribution is 6.20. The van der Waals surface area contributed by atoms with E-state index >= 15 is 0 Å². The van der Waals surface area contributed by atoms with E-state index in [1.54, 1.807) is 0 Å². The SMILES string of the molecule is c1cc(-c2ccc3oc4ccc5ccccc5c4c3c2)cc(-c2c3ccccc3cc3c(-c4ccc5ccccc5c4)cccc23)c1. The Labute approximate surface area is 271 Å². The first-order valence-electron chi connectivity index (χ1n) is 16.2. The monoisotopic (exact) mass is 596 g/mol. The van der Waals surface area contributed by atoms with Crippen LogP contribution in [-0.4, -0.2) is 0 Å². The number of hydrogen-bond donors (Lipinski definition) is 0. The van der Waals surface area contributed by atoms with Crippen molar-refractivity contribution < 1.29 is 4.42 Å². The lowest BCUT2D eigenvalue weighted by atomic mass is 9.87. The van der Waals surface area contributed by atoms with Crippen molar-refractivity contribution in [3.05, 3.63) is 170 Å². The van der Waals surface area contributed by atoms with Crippen LogP contribution in [0.25, 0.3) is 98.4 Å². The molecule has 0 saturated carbocycles. The van der Waals surface area contributed by atoms with Crippen LogP contribution in [0.3, 0.4) is 0 Å². The van der Waals surface area contributed by atoms with Gasteiger partial charge in [0.05, 0.1) is 0 Å². The summed E-state index contributed by atoms with van der Waals surface area (Å²) < 4.78 is 6.31. The molecule has 10 aromatic rings. The lowest BCUT2D eigenvalue weighted by molar-refractivity contribution is 0.669. The van der Waals surface area contributed by atoms with E-state index in [-0.39, 0.29) is 0 Å². The molecule has 0 aliphatic carbocycles. The molecule has 1 heteroatoms. The van der Waals surface area contributed by atoms with E-state index < -0.39 is 0 Å². The minimum absolute atomic E-state index is 0.914. The summed E-state index contributed by atoms with van der Waals surface area (Å²) in [4.78, 5) is 0. The maximum Gasteiger partial charge on any atom is 0.136 e. The molecule has 1 aromatic heterocycles. The second-order valence-corrected chi connectivity index (χ2v) is 12.5. The molecule has 9 aromatic carbocycles. The van der Waals surface area contributed by atoms with Crippen molar-refractivity contribution in [2.45, 2.75) is 0 Å². The summed E-state index contributed by atoms with van der Waals surface area (Å²) in [7, 11) is 0. The van der Waals surface area contributed by atoms with E-state index in [2.05, 4.69) is 170 Å². The normalized spacial score (nSPS) is 11.8. The molecule has 0 atom stereocenters. The number of benzene rings is 9. The molecule has 1 heterocycles. The zero-order valence-electron chi connectivity index (χ0n) is 25.6. The maximum atomic E-state index is 6.31. The molecule has 0 amide bonds. The van der Waals surface area contributed by atoms with E-state index in [9.17, 15) is 0 Å². The fourth-order valence-electron chi connectivity index (χ4n) is 7.59. The van der Waals surface area contributed by atoms with Gasteiger partial charge in [-0.3, -0.25) is 0 Å². The van der Waals surface area contributed by atoms with Crippen LogP contribution in [0.1, 0.15) is 0 Å². The first-order chi connectivity index (χ1) is 23.3. The van der Waals surface area contributed by atoms with Gasteiger partial charge < -0.3 is 4.42 Å². The quantitative estimate of drug-likeness (QED) is 0.185. The first kappa shape index (κ1) is 26.1. The van der Waals surface area contributed by atoms with Crippen molar-refractivity contribution >= 4 is 65.0 Å². The van der Waals surface area contributed by atoms with E-state index in [1.807, 2.05) is 0 Å². The van der Waals surface area contributed by atoms with Gasteiger partial charge in [0.1, 0.15) is 11.2 Å². The Morgan fingerprint density at radius 1 is 0.298 bits per heavy atom. The summed E-state index contributed by atoms with van der Waals surface area (Å²) in [6, 6.07) is 61.7. The Morgan fingerprint density at radius 3 is 1.87 bits per heavy atom. The Balaban J connectivity index is 1.18. The van der Waals surface area contributed by atoms with Gasteiger partial charge >= 0.3 is 0 Å². The molecule has 47 heavy (non-hydrogen) atoms. The molecule has 0 aliphatic heterocycles. The molecule has 0 radical (unpaired) electrons. The highest BCUT2D eigenvalue weighted by Crippen LogP contribution is 2.42. The van der Waals surface area contributed by atoms with Gasteiger partial charge in [-0.15, -0.1) is 0 Å². The van der Waals surface area contributed by atoms with Crippen LogP contribution in [-0.2, 0) is 0 Å². The zero-order chi connectivity index (χ0) is 30.9. The van der Waals surface area contributed by atoms with Crippen LogP contribution in [0.2, 0.25) is 0 Å². The van der Waals surface area contributed by atoms with Crippen LogP contribution < -0.4 is 0 Å². The second kappa shape index (κ2) is 10.2. The number of rotatable bonds is 3. The van der Waals surface area contributed by atoms with Gasteiger partial charge in [-0.1, -0.05) is 133 Å². The lowest BCUT2D eigenvalue weighted by Crippen LogP contribution is -1.89. The lowest BCUT2D eigenvalue weighted by Gasteiger charge is -2.16. The van der Waals surface area contributed by atoms with Crippen LogP contribution in [0, 0.1) is 0 Å². The van der Waals surface area contributed by atoms with Crippen molar-refractivity contribution in [1.29, 1.82) is 0 Å². The molecule has 0 bridgehead atoms. The van der Waals surface area contributed by atoms with E-state index in [0.29, 0.717) is 0 Å². The molecule has 218 valence electrons. The Kier molecular flexibility index (Phi) is 5.64. The van der Waals surface area contributed by atoms with Crippen molar-refractivity contribution in [3.63, 3.8) is 0 Å². The zero-order valence-corrected chi connectivity index (χ0v) is 25.6. The van der Waals surface area contributed by atoms with Gasteiger partial charge in [-0.2, -0.15) is 0 Å². The summed E-state index contributed by atoms with van der Waals surface area (Å²) in [5, 5.41) is 12.3. The predicted molar refractivity (Wildman–Crippen MR) is 200 cm³/mol. The molecule has 1 nitrogen and oxygen atoms in total. The summed E-state index contributed by atoms with van der Waals surface area (Å²) in [6.07, 6.45) is 0. The fraction of sp³-hybridized carbons (Fsp3) is 0. The van der Waals surface area contributed by atoms with Gasteiger partial charge in [-0.25, -0.2) is 0 Å². The third-order valence-electron chi connectivity index (χ3n) is 9.81. The topological polar surface area (TPSA) is 13.1 Å². The van der Waals surface area contributed by atoms with Gasteiger partial charge in [0, 0.05) is 10.8 Å². The van der Waals surface area contributed by atoms with Crippen LogP contribution >= 0.6 is 0 Å². The Bertz CT molecular complexity index is 2850. The third kappa shape index (κ3) is 4.10. The van der Waals surface area contributed by atoms with Crippen molar-refractivity contribution in [3.8, 4) is 33.4 Å². The molecular formula is C46H28O. The molecule has 0 N–H and O–H groups in total. The van der Waals surface area contributed by atoms with Crippen molar-refractivity contribution in [1.82, 2.24) is 0 Å². The van der Waals surface area contributed by atoms with Crippen molar-refractivity contribution in [2.24, 2.45) is 0 Å². The largest absolute Gasteiger partial charge is 0.456 e. The molecule has 0 fully saturated rings. The minimum atomic E-state index is 0.914. The van der Waals surface area contributed by atoms with E-state index in [4.69, 9.17) is 4.42 Å². The summed E-state index contributed by atoms with van der Waals surface area (Å²) in [5.41, 5.74) is 9.16. The van der Waals surface area contributed by atoms with Gasteiger partial charge in [0.25, 0.3) is 0 Å². The number of hydrogen-bond acceptors (Lipinski definition) is 1. The summed E-state index contributed by atoms with van der Waals surface area (Å²) in [5.74, 6) is 0. The van der Waals surface area contributed by atoms with Crippen LogP contribution in [0.5, 0.6) is 0 Å². The van der Waals surface area contributed by atoms with E-state index in [1.165, 1.54) is 81.9 Å². The molecule has 0 unspecified atom stereocenters. The number of fused-ring (bicyclic) bond motifs is 8. The smallest absolute Gasteiger partial charge is 0.136 e. The number of furan rings is 1. The highest BCUT2D eigenvalue weighted by Gasteiger charge is 2.16. The minimum Gasteiger partial charge on any atom is -0.456 e. The summed E-state index contributed by atoms with van der Waals surface area (Å²) in [6.45, 7) is 0. The van der Waals surface area contributed by atoms with Crippen molar-refractivity contribution in [2.75, 3.05) is 0 Å². The molecule has 0 spiro atoms. The standard InChI is InChI=1S/C46H28O/c1-2-11-31-25-35(20-19-29(31)9-1)37-17-8-18-40-41(37)28-34-12-4-6-16-39(34)45(40)36-14-7-13-32(26-36)33-22-23-43-42(27-33)46-38-15-5-3-10-30(38)21-24-44(46)47-43/h1-28H. The average molecular weight is 597 g/mol. The van der Waals surface area contributed by atoms with E-state index in [0.717, 1.165) is 16.6 Å². The molecule has 0 aliphatic rings. The van der Waals surface area contributed by atoms with Crippen LogP contribution in [0.15, 0.2) is 174 Å². The molecule has 0 saturated heterocycles. The Morgan fingerprint density at radius 2 is 0.957 bits per heavy atom. The maximum absolute atomic E-state index is 6.31. The highest BCUT2D eigenvalue weighted by atomic mass is 16.3.